The van der Waals surface area contributed by atoms with E-state index >= 15 is 0 Å². The molecule has 0 saturated heterocycles. The molecule has 0 aromatic rings. The quantitative estimate of drug-likeness (QED) is 0.321. The molecule has 0 atom stereocenters. The van der Waals surface area contributed by atoms with E-state index in [0.29, 0.717) is 0 Å². The summed E-state index contributed by atoms with van der Waals surface area (Å²) >= 11 is 0. The van der Waals surface area contributed by atoms with E-state index in [4.69, 9.17) is 0 Å². The average molecular weight is 542 g/mol. The van der Waals surface area contributed by atoms with Gasteiger partial charge in [-0.3, -0.25) is 11.8 Å². The molecule has 1 amide bonds. The number of carbonyl (C=O) groups excluding carboxylic acids is 1. The van der Waals surface area contributed by atoms with Gasteiger partial charge in [0.05, 0.1) is 0 Å². The van der Waals surface area contributed by atoms with E-state index in [1.54, 1.807) is 0 Å². The number of amides is 1. The van der Waals surface area contributed by atoms with Gasteiger partial charge in [0.2, 0.25) is 0 Å². The largest absolute Gasteiger partial charge is 0.502 e. The van der Waals surface area contributed by atoms with Gasteiger partial charge < -0.3 is 9.50 Å². The minimum atomic E-state index is -6.07. The van der Waals surface area contributed by atoms with E-state index in [0.717, 1.165) is 5.32 Å². The second-order valence-electron chi connectivity index (χ2n) is 2.23. The van der Waals surface area contributed by atoms with Crippen LogP contribution in [0.25, 0.3) is 0 Å². The molecule has 0 bridgehead atoms. The molecule has 0 spiro atoms. The Balaban J connectivity index is -0.00000112. The Labute approximate surface area is 138 Å². The van der Waals surface area contributed by atoms with Crippen LogP contribution in [-0.4, -0.2) is 25.8 Å². The van der Waals surface area contributed by atoms with Gasteiger partial charge in [-0.25, -0.2) is 13.2 Å². The Morgan fingerprint density at radius 3 is 1.89 bits per heavy atom. The summed E-state index contributed by atoms with van der Waals surface area (Å²) in [6.45, 7) is -1.29. The third kappa shape index (κ3) is 6.83. The summed E-state index contributed by atoms with van der Waals surface area (Å²) < 4.78 is 83.5. The van der Waals surface area contributed by atoms with Gasteiger partial charge in [-0.2, -0.15) is 17.2 Å². The van der Waals surface area contributed by atoms with Crippen molar-refractivity contribution in [2.24, 2.45) is 0 Å². The van der Waals surface area contributed by atoms with Crippen LogP contribution in [0.15, 0.2) is 0 Å². The number of alkyl halides is 5. The molecule has 18 heavy (non-hydrogen) atoms. The number of halogens is 5. The van der Waals surface area contributed by atoms with Crippen molar-refractivity contribution in [3.63, 3.8) is 0 Å². The van der Waals surface area contributed by atoms with Gasteiger partial charge in [-0.05, 0) is 0 Å². The number of rotatable bonds is 4. The first-order valence-corrected chi connectivity index (χ1v) is 4.64. The summed E-state index contributed by atoms with van der Waals surface area (Å²) in [5.74, 6) is -2.41. The second kappa shape index (κ2) is 8.19. The zero-order chi connectivity index (χ0) is 13.2. The fourth-order valence-electron chi connectivity index (χ4n) is 0.395. The predicted octanol–water partition coefficient (Wildman–Crippen LogP) is 0.552. The average Bonchev–Trinajstić information content (AvgIpc) is 2.12. The summed E-state index contributed by atoms with van der Waals surface area (Å²) in [6, 6.07) is 0. The van der Waals surface area contributed by atoms with Gasteiger partial charge in [0, 0.05) is 53.8 Å². The first kappa shape index (κ1) is 23.9. The minimum absolute atomic E-state index is 0. The normalized spacial score (nSPS) is 12.1. The molecule has 0 heterocycles. The molecule has 0 rings (SSSR count). The molecule has 0 aromatic heterocycles. The van der Waals surface area contributed by atoms with E-state index in [-0.39, 0.29) is 53.8 Å². The van der Waals surface area contributed by atoms with Crippen molar-refractivity contribution < 1.29 is 93.1 Å². The van der Waals surface area contributed by atoms with Gasteiger partial charge in [-0.1, -0.05) is 6.61 Å². The molecule has 0 unspecified atom stereocenters. The van der Waals surface area contributed by atoms with Crippen LogP contribution in [0.1, 0.15) is 0 Å². The number of hydrogen-bond acceptors (Lipinski definition) is 4. The second-order valence-corrected chi connectivity index (χ2v) is 3.85. The SMILES string of the molecule is [CH2-]NC(=O)C(F)(F)S(=O)(=O)O[CH-]C(F)(F)F.[W].[Y]. The van der Waals surface area contributed by atoms with Crippen molar-refractivity contribution in [1.82, 2.24) is 5.32 Å². The molecule has 1 radical (unpaired) electrons. The number of nitrogens with one attached hydrogen (secondary N) is 1. The molecule has 1 N–H and O–H groups in total. The van der Waals surface area contributed by atoms with Crippen LogP contribution in [0.3, 0.4) is 0 Å². The summed E-state index contributed by atoms with van der Waals surface area (Å²) in [7, 11) is -3.62. The van der Waals surface area contributed by atoms with E-state index in [2.05, 4.69) is 11.2 Å². The van der Waals surface area contributed by atoms with E-state index < -0.39 is 34.1 Å². The van der Waals surface area contributed by atoms with Crippen LogP contribution in [0.2, 0.25) is 0 Å². The van der Waals surface area contributed by atoms with Gasteiger partial charge in [0.25, 0.3) is 12.1 Å². The minimum Gasteiger partial charge on any atom is -0.502 e. The van der Waals surface area contributed by atoms with Crippen LogP contribution in [0.4, 0.5) is 22.0 Å². The first-order chi connectivity index (χ1) is 6.94. The summed E-state index contributed by atoms with van der Waals surface area (Å²) in [5, 5.41) is -4.15. The topological polar surface area (TPSA) is 72.5 Å². The summed E-state index contributed by atoms with van der Waals surface area (Å²) in [5.41, 5.74) is 0. The molecular formula is C5H4F5NO4SWY-2. The van der Waals surface area contributed by atoms with Gasteiger partial charge in [0.1, 0.15) is 0 Å². The van der Waals surface area contributed by atoms with Crippen LogP contribution < -0.4 is 5.32 Å². The third-order valence-corrected chi connectivity index (χ3v) is 2.21. The van der Waals surface area contributed by atoms with Gasteiger partial charge in [0.15, 0.2) is 0 Å². The van der Waals surface area contributed by atoms with Crippen molar-refractivity contribution >= 4 is 16.0 Å². The van der Waals surface area contributed by atoms with Crippen LogP contribution in [0, 0.1) is 13.7 Å². The van der Waals surface area contributed by atoms with E-state index in [9.17, 15) is 35.2 Å². The molecule has 0 aliphatic carbocycles. The van der Waals surface area contributed by atoms with E-state index in [1.807, 2.05) is 0 Å². The van der Waals surface area contributed by atoms with Crippen molar-refractivity contribution in [1.29, 1.82) is 0 Å². The smallest absolute Gasteiger partial charge is 0.441 e. The van der Waals surface area contributed by atoms with Crippen LogP contribution >= 0.6 is 0 Å². The Bertz CT molecular complexity index is 373. The maximum Gasteiger partial charge on any atom is 0.441 e. The van der Waals surface area contributed by atoms with Crippen molar-refractivity contribution in [3.8, 4) is 0 Å². The zero-order valence-electron chi connectivity index (χ0n) is 8.20. The molecule has 0 aromatic carbocycles. The molecule has 105 valence electrons. The standard InChI is InChI=1S/C5H4F5NO4S.W.Y/c1-11-3(12)5(9,10)16(13,14)15-2-4(6,7)8;;/h2H,1H2,(H,11,12);;/q-2;;. The summed E-state index contributed by atoms with van der Waals surface area (Å²) in [4.78, 5) is 10.3. The van der Waals surface area contributed by atoms with E-state index in [1.165, 1.54) is 0 Å². The maximum atomic E-state index is 12.6. The van der Waals surface area contributed by atoms with Crippen LogP contribution in [-0.2, 0) is 72.9 Å². The molecule has 13 heteroatoms. The molecular weight excluding hydrogens is 538 g/mol. The monoisotopic (exact) mass is 542 g/mol. The number of hydrogen-bond donors (Lipinski definition) is 1. The molecule has 0 fully saturated rings. The van der Waals surface area contributed by atoms with Gasteiger partial charge in [-0.15, -0.1) is 0 Å². The first-order valence-electron chi connectivity index (χ1n) is 3.23. The Morgan fingerprint density at radius 1 is 1.22 bits per heavy atom. The fraction of sp³-hybridized carbons (Fsp3) is 0.400. The fourth-order valence-corrected chi connectivity index (χ4v) is 1.05. The Morgan fingerprint density at radius 2 is 1.61 bits per heavy atom. The predicted molar refractivity (Wildman–Crippen MR) is 38.8 cm³/mol. The molecule has 5 nitrogen and oxygen atoms in total. The maximum absolute atomic E-state index is 12.6. The van der Waals surface area contributed by atoms with Gasteiger partial charge >= 0.3 is 15.4 Å². The number of carbonyl (C=O) groups is 1. The molecule has 0 saturated carbocycles. The summed E-state index contributed by atoms with van der Waals surface area (Å²) in [6.07, 6.45) is -5.25. The Kier molecular flexibility index (Phi) is 10.9. The van der Waals surface area contributed by atoms with Crippen molar-refractivity contribution in [3.05, 3.63) is 13.7 Å². The third-order valence-electron chi connectivity index (χ3n) is 1.05. The van der Waals surface area contributed by atoms with Crippen molar-refractivity contribution in [2.75, 3.05) is 0 Å². The van der Waals surface area contributed by atoms with Crippen molar-refractivity contribution in [2.45, 2.75) is 11.4 Å². The zero-order valence-corrected chi connectivity index (χ0v) is 14.8. The Hall–Kier alpha value is 0.822. The molecule has 0 aliphatic rings. The van der Waals surface area contributed by atoms with Crippen LogP contribution in [0.5, 0.6) is 0 Å². The molecule has 0 aliphatic heterocycles.